The van der Waals surface area contributed by atoms with Gasteiger partial charge in [-0.25, -0.2) is 0 Å². The van der Waals surface area contributed by atoms with Crippen molar-refractivity contribution in [1.82, 2.24) is 0 Å². The number of hydrogen-bond acceptors (Lipinski definition) is 2. The molecule has 0 spiro atoms. The largest absolute Gasteiger partial charge is 0.509 e. The van der Waals surface area contributed by atoms with Gasteiger partial charge in [-0.3, -0.25) is 0 Å². The Morgan fingerprint density at radius 1 is 1.45 bits per heavy atom. The van der Waals surface area contributed by atoms with Crippen LogP contribution in [0.4, 0.5) is 0 Å². The van der Waals surface area contributed by atoms with Gasteiger partial charge >= 0.3 is 45.4 Å². The van der Waals surface area contributed by atoms with Crippen molar-refractivity contribution in [2.24, 2.45) is 10.7 Å². The van der Waals surface area contributed by atoms with E-state index in [1.165, 1.54) is 14.1 Å². The topological polar surface area (TPSA) is 38.4 Å². The van der Waals surface area contributed by atoms with E-state index in [1.54, 1.807) is 0 Å². The number of rotatable bonds is 0. The summed E-state index contributed by atoms with van der Waals surface area (Å²) >= 11 is 11.1. The molecule has 0 aliphatic carbocycles. The third-order valence-corrected chi connectivity index (χ3v) is 0. The Balaban J connectivity index is -0.0000000158. The summed E-state index contributed by atoms with van der Waals surface area (Å²) in [5, 5.41) is 0. The van der Waals surface area contributed by atoms with Gasteiger partial charge in [0.05, 0.1) is 0 Å². The summed E-state index contributed by atoms with van der Waals surface area (Å²) in [6, 6.07) is 0. The molecular weight excluding hydrogens is 527 g/mol. The van der Waals surface area contributed by atoms with E-state index in [2.05, 4.69) is 17.4 Å². The Morgan fingerprint density at radius 2 is 1.45 bits per heavy atom. The van der Waals surface area contributed by atoms with E-state index in [-0.39, 0.29) is 28.5 Å². The molecule has 0 fully saturated rings. The summed E-state index contributed by atoms with van der Waals surface area (Å²) in [7, 11) is 3.03. The van der Waals surface area contributed by atoms with Crippen molar-refractivity contribution in [2.45, 2.75) is 7.43 Å². The minimum atomic E-state index is 0. The smallest absolute Gasteiger partial charge is 0 e. The van der Waals surface area contributed by atoms with E-state index < -0.39 is 0 Å². The van der Waals surface area contributed by atoms with Crippen molar-refractivity contribution in [3.05, 3.63) is 0 Å². The number of aliphatic imine (C=N–C) groups is 1. The second-order valence-corrected chi connectivity index (χ2v) is 4.69. The van der Waals surface area contributed by atoms with Crippen molar-refractivity contribution in [1.29, 1.82) is 0 Å². The molecular formula is C5H13Cl2N2W2-. The molecule has 0 aliphatic rings. The number of nitrogens with two attached hydrogens (primary N) is 1. The fourth-order valence-electron chi connectivity index (χ4n) is 0. The van der Waals surface area contributed by atoms with Gasteiger partial charge in [-0.1, -0.05) is 7.43 Å². The second-order valence-electron chi connectivity index (χ2n) is 0.484. The molecule has 0 heterocycles. The Labute approximate surface area is 105 Å². The molecule has 0 atom stereocenters. The molecule has 0 radical (unpaired) electrons. The summed E-state index contributed by atoms with van der Waals surface area (Å²) in [5.41, 5.74) is 4.50. The van der Waals surface area contributed by atoms with Crippen molar-refractivity contribution < 1.29 is 40.4 Å². The summed E-state index contributed by atoms with van der Waals surface area (Å²) < 4.78 is 0.444. The molecule has 0 aromatic rings. The maximum Gasteiger partial charge on any atom is 0 e. The first kappa shape index (κ1) is 29.4. The van der Waals surface area contributed by atoms with Crippen molar-refractivity contribution >= 4 is 32.7 Å². The number of hydrogen-bond donors (Lipinski definition) is 1. The first-order chi connectivity index (χ1) is 4.15. The summed E-state index contributed by atoms with van der Waals surface area (Å²) in [6.45, 7) is 4.47. The van der Waals surface area contributed by atoms with E-state index in [4.69, 9.17) is 23.2 Å². The second kappa shape index (κ2) is 42.1. The fraction of sp³-hybridized carbons (Fsp3) is 0.600. The van der Waals surface area contributed by atoms with Crippen LogP contribution in [-0.4, -0.2) is 23.6 Å². The van der Waals surface area contributed by atoms with Crippen molar-refractivity contribution in [3.63, 3.8) is 0 Å². The van der Waals surface area contributed by atoms with E-state index in [0.29, 0.717) is 2.82 Å². The van der Waals surface area contributed by atoms with Gasteiger partial charge in [0.15, 0.2) is 0 Å². The monoisotopic (exact) mass is 539 g/mol. The van der Waals surface area contributed by atoms with Crippen LogP contribution in [-0.2, 0) is 40.4 Å². The van der Waals surface area contributed by atoms with Crippen LogP contribution in [0.3, 0.4) is 0 Å². The Hall–Kier alpha value is 1.46. The zero-order valence-corrected chi connectivity index (χ0v) is 13.1. The molecule has 0 bridgehead atoms. The molecule has 6 heteroatoms. The van der Waals surface area contributed by atoms with Gasteiger partial charge in [-0.05, 0) is 14.1 Å². The third-order valence-electron chi connectivity index (χ3n) is 0. The van der Waals surface area contributed by atoms with Crippen molar-refractivity contribution in [3.8, 4) is 0 Å². The van der Waals surface area contributed by atoms with Gasteiger partial charge in [0.25, 0.3) is 0 Å². The number of nitrogens with zero attached hydrogens (tertiary/aromatic N) is 1. The zero-order chi connectivity index (χ0) is 8.28. The summed E-state index contributed by atoms with van der Waals surface area (Å²) in [6.07, 6.45) is 0. The molecule has 70 valence electrons. The average Bonchev–Trinajstić information content (AvgIpc) is 1.71. The minimum Gasteiger partial charge on any atom is -0.509 e. The van der Waals surface area contributed by atoms with Crippen molar-refractivity contribution in [2.75, 3.05) is 14.1 Å². The first-order valence-corrected chi connectivity index (χ1v) is 4.09. The molecule has 0 aromatic carbocycles. The predicted molar refractivity (Wildman–Crippen MR) is 48.0 cm³/mol. The van der Waals surface area contributed by atoms with Crippen LogP contribution >= 0.6 is 23.2 Å². The molecule has 0 rings (SSSR count). The van der Waals surface area contributed by atoms with Crippen LogP contribution in [0.1, 0.15) is 7.43 Å². The Bertz CT molecular complexity index is 67.5. The molecule has 2 N–H and O–H groups in total. The summed E-state index contributed by atoms with van der Waals surface area (Å²) in [4.78, 5) is 3.00. The van der Waals surface area contributed by atoms with E-state index in [9.17, 15) is 0 Å². The van der Waals surface area contributed by atoms with E-state index >= 15 is 0 Å². The van der Waals surface area contributed by atoms with Gasteiger partial charge in [-0.2, -0.15) is 0 Å². The van der Waals surface area contributed by atoms with Crippen LogP contribution < -0.4 is 5.73 Å². The average molecular weight is 540 g/mol. The predicted octanol–water partition coefficient (Wildman–Crippen LogP) is 1.50. The van der Waals surface area contributed by atoms with Crippen LogP contribution in [0.25, 0.3) is 0 Å². The molecule has 11 heavy (non-hydrogen) atoms. The van der Waals surface area contributed by atoms with Crippen LogP contribution in [0.15, 0.2) is 4.99 Å². The third kappa shape index (κ3) is 483. The molecule has 0 amide bonds. The van der Waals surface area contributed by atoms with Gasteiger partial charge in [-0.15, -0.1) is 0 Å². The van der Waals surface area contributed by atoms with Gasteiger partial charge in [0.2, 0.25) is 0 Å². The molecule has 2 nitrogen and oxygen atoms in total. The van der Waals surface area contributed by atoms with E-state index in [0.717, 1.165) is 19.4 Å². The molecule has 0 aliphatic heterocycles. The molecule has 0 saturated carbocycles. The Morgan fingerprint density at radius 3 is 1.45 bits per heavy atom. The van der Waals surface area contributed by atoms with Crippen LogP contribution in [0.2, 0.25) is 0 Å². The number of halogens is 2. The first-order valence-electron chi connectivity index (χ1n) is 1.86. The van der Waals surface area contributed by atoms with E-state index in [1.807, 2.05) is 0 Å². The van der Waals surface area contributed by atoms with Gasteiger partial charge < -0.3 is 17.4 Å². The zero-order valence-electron chi connectivity index (χ0n) is 5.67. The minimum absolute atomic E-state index is 0. The Kier molecular flexibility index (Phi) is 112. The normalized spacial score (nSPS) is 4.09. The van der Waals surface area contributed by atoms with Crippen LogP contribution in [0.5, 0.6) is 0 Å². The summed E-state index contributed by atoms with van der Waals surface area (Å²) in [5.74, 6) is 0. The molecule has 0 saturated heterocycles. The SMILES string of the molecule is C.CN.Cl[C](Cl)=[W].[CH-]=NC.[W]. The molecule has 0 aromatic heterocycles. The maximum absolute atomic E-state index is 4.99. The fourth-order valence-corrected chi connectivity index (χ4v) is 0. The van der Waals surface area contributed by atoms with Gasteiger partial charge in [0, 0.05) is 21.1 Å². The quantitative estimate of drug-likeness (QED) is 0.368. The van der Waals surface area contributed by atoms with Gasteiger partial charge in [0.1, 0.15) is 0 Å². The standard InChI is InChI=1S/C2H4N.CCl2.CH5N.CH4.2W/c1-3-2;2-1-3;1-2;;;/h1H,2H3;;2H2,1H3;1H4;;/q-1;;;;;. The maximum atomic E-state index is 4.99. The molecule has 0 unspecified atom stereocenters. The van der Waals surface area contributed by atoms with Crippen LogP contribution in [0, 0.1) is 0 Å².